The van der Waals surface area contributed by atoms with E-state index in [0.717, 1.165) is 56.3 Å². The number of imidazole rings is 1. The number of nitrogens with one attached hydrogen (secondary N) is 1. The molecule has 0 unspecified atom stereocenters. The molecule has 4 aromatic carbocycles. The summed E-state index contributed by atoms with van der Waals surface area (Å²) in [4.78, 5) is 28.4. The number of benzene rings is 4. The van der Waals surface area contributed by atoms with Crippen molar-refractivity contribution in [2.45, 2.75) is 33.6 Å². The van der Waals surface area contributed by atoms with Crippen LogP contribution in [-0.4, -0.2) is 26.9 Å². The highest BCUT2D eigenvalue weighted by atomic mass is 35.5. The van der Waals surface area contributed by atoms with Crippen LogP contribution in [0.4, 0.5) is 11.4 Å². The third kappa shape index (κ3) is 6.74. The van der Waals surface area contributed by atoms with Gasteiger partial charge in [0.1, 0.15) is 12.4 Å². The normalized spacial score (nSPS) is 13.0. The summed E-state index contributed by atoms with van der Waals surface area (Å²) in [6.07, 6.45) is 3.20. The lowest BCUT2D eigenvalue weighted by molar-refractivity contribution is -0.385. The predicted octanol–water partition coefficient (Wildman–Crippen LogP) is 8.37. The van der Waals surface area contributed by atoms with Crippen LogP contribution in [0, 0.1) is 23.0 Å². The van der Waals surface area contributed by atoms with Crippen LogP contribution in [0.3, 0.4) is 0 Å². The number of halogens is 1. The van der Waals surface area contributed by atoms with Crippen molar-refractivity contribution >= 4 is 41.0 Å². The summed E-state index contributed by atoms with van der Waals surface area (Å²) in [7, 11) is 0. The maximum atomic E-state index is 11.8. The van der Waals surface area contributed by atoms with Crippen LogP contribution >= 0.6 is 23.7 Å². The number of carbonyl (C=O) groups excluding carboxylic acids is 1. The van der Waals surface area contributed by atoms with Gasteiger partial charge in [0.15, 0.2) is 0 Å². The SMILES string of the molecule is Cc1ccc(-c2cn(-c3cccc(N4CC(=O)NS4)c3)c(Cc3ccc(-c4ccc(CC(C)C)c([N+](=O)[O-])c4)cc3)n2)c(Cl)c1. The fraction of sp³-hybridized carbons (Fsp3) is 0.200. The quantitative estimate of drug-likeness (QED) is 0.0991. The Hall–Kier alpha value is -4.60. The van der Waals surface area contributed by atoms with Crippen molar-refractivity contribution < 1.29 is 9.72 Å². The summed E-state index contributed by atoms with van der Waals surface area (Å²) in [5.41, 5.74) is 8.17. The van der Waals surface area contributed by atoms with E-state index < -0.39 is 0 Å². The highest BCUT2D eigenvalue weighted by Crippen LogP contribution is 2.33. The molecule has 1 saturated heterocycles. The van der Waals surface area contributed by atoms with Gasteiger partial charge in [0.05, 0.1) is 33.5 Å². The van der Waals surface area contributed by atoms with Crippen molar-refractivity contribution in [2.24, 2.45) is 5.92 Å². The van der Waals surface area contributed by atoms with Crippen molar-refractivity contribution in [1.82, 2.24) is 14.3 Å². The van der Waals surface area contributed by atoms with Crippen molar-refractivity contribution in [3.8, 4) is 28.1 Å². The standard InChI is InChI=1S/C35H32ClN5O3S/c1-22(2)15-27-13-12-26(18-33(27)41(43)44)25-10-8-24(9-11-25)17-34-37-32(30-14-7-23(3)16-31(30)36)20-39(34)28-5-4-6-29(19-28)40-21-35(42)38-45-40/h4-14,16,18-20,22H,15,17,21H2,1-3H3,(H,38,42). The van der Waals surface area contributed by atoms with Gasteiger partial charge < -0.3 is 4.57 Å². The molecule has 0 aliphatic carbocycles. The zero-order chi connectivity index (χ0) is 31.7. The van der Waals surface area contributed by atoms with E-state index in [0.29, 0.717) is 23.8 Å². The third-order valence-corrected chi connectivity index (χ3v) is 8.88. The first-order chi connectivity index (χ1) is 21.6. The molecule has 45 heavy (non-hydrogen) atoms. The van der Waals surface area contributed by atoms with Crippen LogP contribution in [0.5, 0.6) is 0 Å². The van der Waals surface area contributed by atoms with Crippen molar-refractivity contribution in [1.29, 1.82) is 0 Å². The Kier molecular flexibility index (Phi) is 8.65. The highest BCUT2D eigenvalue weighted by Gasteiger charge is 2.22. The first-order valence-corrected chi connectivity index (χ1v) is 15.8. The van der Waals surface area contributed by atoms with Crippen LogP contribution in [0.1, 0.15) is 36.4 Å². The summed E-state index contributed by atoms with van der Waals surface area (Å²) < 4.78 is 6.76. The molecule has 10 heteroatoms. The van der Waals surface area contributed by atoms with Gasteiger partial charge in [-0.2, -0.15) is 0 Å². The van der Waals surface area contributed by atoms with E-state index in [1.54, 1.807) is 6.07 Å². The predicted molar refractivity (Wildman–Crippen MR) is 182 cm³/mol. The molecule has 0 atom stereocenters. The number of rotatable bonds is 9. The van der Waals surface area contributed by atoms with Crippen molar-refractivity contribution in [3.05, 3.63) is 129 Å². The smallest absolute Gasteiger partial charge is 0.273 e. The Labute approximate surface area is 271 Å². The maximum absolute atomic E-state index is 11.8. The van der Waals surface area contributed by atoms with Crippen LogP contribution in [0.25, 0.3) is 28.1 Å². The van der Waals surface area contributed by atoms with Gasteiger partial charge >= 0.3 is 0 Å². The molecule has 1 amide bonds. The Bertz CT molecular complexity index is 1900. The molecule has 1 N–H and O–H groups in total. The van der Waals surface area contributed by atoms with Crippen molar-refractivity contribution in [3.63, 3.8) is 0 Å². The van der Waals surface area contributed by atoms with Gasteiger partial charge in [-0.25, -0.2) is 4.98 Å². The summed E-state index contributed by atoms with van der Waals surface area (Å²) >= 11 is 7.94. The second-order valence-corrected chi connectivity index (χ2v) is 12.9. The molecule has 5 aromatic rings. The monoisotopic (exact) mass is 637 g/mol. The molecule has 2 heterocycles. The average molecular weight is 638 g/mol. The lowest BCUT2D eigenvalue weighted by atomic mass is 9.96. The van der Waals surface area contributed by atoms with Gasteiger partial charge in [-0.3, -0.25) is 23.9 Å². The number of nitrogens with zero attached hydrogens (tertiary/aromatic N) is 4. The minimum atomic E-state index is -0.293. The van der Waals surface area contributed by atoms with E-state index in [1.165, 1.54) is 12.1 Å². The molecular formula is C35H32ClN5O3S. The van der Waals surface area contributed by atoms with E-state index in [9.17, 15) is 14.9 Å². The second-order valence-electron chi connectivity index (χ2n) is 11.6. The number of carbonyl (C=O) groups is 1. The lowest BCUT2D eigenvalue weighted by Gasteiger charge is -2.15. The van der Waals surface area contributed by atoms with Crippen LogP contribution in [0.15, 0.2) is 91.1 Å². The summed E-state index contributed by atoms with van der Waals surface area (Å²) in [6, 6.07) is 27.5. The number of nitro groups is 1. The van der Waals surface area contributed by atoms with Gasteiger partial charge in [-0.1, -0.05) is 80.0 Å². The lowest BCUT2D eigenvalue weighted by Crippen LogP contribution is -2.15. The first-order valence-electron chi connectivity index (χ1n) is 14.7. The molecule has 1 aliphatic heterocycles. The van der Waals surface area contributed by atoms with E-state index in [-0.39, 0.29) is 23.1 Å². The van der Waals surface area contributed by atoms with Crippen molar-refractivity contribution in [2.75, 3.05) is 10.8 Å². The first kappa shape index (κ1) is 30.4. The van der Waals surface area contributed by atoms with E-state index in [1.807, 2.05) is 96.3 Å². The number of nitro benzene ring substituents is 1. The maximum Gasteiger partial charge on any atom is 0.273 e. The third-order valence-electron chi connectivity index (χ3n) is 7.69. The van der Waals surface area contributed by atoms with Gasteiger partial charge in [0.25, 0.3) is 11.6 Å². The highest BCUT2D eigenvalue weighted by molar-refractivity contribution is 7.99. The van der Waals surface area contributed by atoms with Gasteiger partial charge in [0, 0.05) is 35.5 Å². The van der Waals surface area contributed by atoms with Crippen LogP contribution < -0.4 is 9.03 Å². The number of hydrogen-bond acceptors (Lipinski definition) is 6. The van der Waals surface area contributed by atoms with Gasteiger partial charge in [0.2, 0.25) is 0 Å². The molecule has 0 spiro atoms. The minimum Gasteiger partial charge on any atom is -0.303 e. The number of anilines is 1. The fourth-order valence-electron chi connectivity index (χ4n) is 5.49. The van der Waals surface area contributed by atoms with E-state index in [2.05, 4.69) is 23.1 Å². The Balaban J connectivity index is 1.34. The average Bonchev–Trinajstić information content (AvgIpc) is 3.64. The minimum absolute atomic E-state index is 0.0328. The summed E-state index contributed by atoms with van der Waals surface area (Å²) in [5, 5.41) is 12.4. The Morgan fingerprint density at radius 2 is 1.76 bits per heavy atom. The van der Waals surface area contributed by atoms with Crippen LogP contribution in [-0.2, 0) is 17.6 Å². The number of aryl methyl sites for hydroxylation is 1. The molecule has 1 aromatic heterocycles. The van der Waals surface area contributed by atoms with Gasteiger partial charge in [-0.15, -0.1) is 0 Å². The number of amides is 1. The largest absolute Gasteiger partial charge is 0.303 e. The van der Waals surface area contributed by atoms with E-state index in [4.69, 9.17) is 16.6 Å². The molecule has 0 bridgehead atoms. The zero-order valence-electron chi connectivity index (χ0n) is 25.2. The molecule has 0 saturated carbocycles. The molecule has 1 aliphatic rings. The summed E-state index contributed by atoms with van der Waals surface area (Å²) in [5.74, 6) is 1.12. The molecule has 228 valence electrons. The van der Waals surface area contributed by atoms with Crippen LogP contribution in [0.2, 0.25) is 5.02 Å². The number of aromatic nitrogens is 2. The fourth-order valence-corrected chi connectivity index (χ4v) is 6.50. The molecule has 6 rings (SSSR count). The van der Waals surface area contributed by atoms with E-state index >= 15 is 0 Å². The Morgan fingerprint density at radius 1 is 1.00 bits per heavy atom. The zero-order valence-corrected chi connectivity index (χ0v) is 26.7. The molecule has 8 nitrogen and oxygen atoms in total. The summed E-state index contributed by atoms with van der Waals surface area (Å²) in [6.45, 7) is 6.40. The topological polar surface area (TPSA) is 93.3 Å². The van der Waals surface area contributed by atoms with Gasteiger partial charge in [-0.05, 0) is 65.8 Å². The molecule has 1 fully saturated rings. The number of hydrogen-bond donors (Lipinski definition) is 1. The Morgan fingerprint density at radius 3 is 2.44 bits per heavy atom. The molecule has 0 radical (unpaired) electrons. The molecular weight excluding hydrogens is 606 g/mol. The second kappa shape index (κ2) is 12.8.